The third-order valence-electron chi connectivity index (χ3n) is 4.59. The van der Waals surface area contributed by atoms with E-state index in [0.29, 0.717) is 17.3 Å². The Balaban J connectivity index is 1.68. The fourth-order valence-corrected chi connectivity index (χ4v) is 4.80. The highest BCUT2D eigenvalue weighted by Gasteiger charge is 2.46. The van der Waals surface area contributed by atoms with Crippen LogP contribution < -0.4 is 10.9 Å². The Morgan fingerprint density at radius 2 is 1.85 bits per heavy atom. The first-order valence-electron chi connectivity index (χ1n) is 8.57. The second-order valence-electron chi connectivity index (χ2n) is 7.31. The topological polar surface area (TPSA) is 85.2 Å². The molecule has 8 heteroatoms. The van der Waals surface area contributed by atoms with Gasteiger partial charge in [0.05, 0.1) is 18.0 Å². The van der Waals surface area contributed by atoms with Crippen LogP contribution in [0.15, 0.2) is 47.4 Å². The van der Waals surface area contributed by atoms with Crippen LogP contribution in [-0.2, 0) is 21.2 Å². The molecule has 3 rings (SSSR count). The summed E-state index contributed by atoms with van der Waals surface area (Å²) in [5.41, 5.74) is 0.799. The summed E-state index contributed by atoms with van der Waals surface area (Å²) in [6, 6.07) is 10.1. The maximum Gasteiger partial charge on any atom is 0.250 e. The van der Waals surface area contributed by atoms with Gasteiger partial charge >= 0.3 is 0 Å². The minimum absolute atomic E-state index is 0.0312. The number of carbonyl (C=O) groups is 1. The molecule has 0 aliphatic heterocycles. The smallest absolute Gasteiger partial charge is 0.250 e. The zero-order chi connectivity index (χ0) is 19.7. The molecule has 6 nitrogen and oxygen atoms in total. The molecular weight excluding hydrogens is 388 g/mol. The zero-order valence-electron chi connectivity index (χ0n) is 14.9. The summed E-state index contributed by atoms with van der Waals surface area (Å²) in [4.78, 5) is 24.4. The largest absolute Gasteiger partial charge is 0.325 e. The lowest BCUT2D eigenvalue weighted by molar-refractivity contribution is -0.117. The summed E-state index contributed by atoms with van der Waals surface area (Å²) >= 11 is 5.87. The van der Waals surface area contributed by atoms with Gasteiger partial charge in [-0.2, -0.15) is 0 Å². The Morgan fingerprint density at radius 3 is 2.44 bits per heavy atom. The Bertz CT molecular complexity index is 1010. The van der Waals surface area contributed by atoms with E-state index >= 15 is 0 Å². The van der Waals surface area contributed by atoms with E-state index in [0.717, 1.165) is 18.4 Å². The third-order valence-corrected chi connectivity index (χ3v) is 5.98. The fraction of sp³-hybridized carbons (Fsp3) is 0.368. The Hall–Kier alpha value is -2.12. The van der Waals surface area contributed by atoms with Crippen LogP contribution in [0.25, 0.3) is 0 Å². The van der Waals surface area contributed by atoms with Crippen molar-refractivity contribution in [1.82, 2.24) is 4.57 Å². The van der Waals surface area contributed by atoms with Crippen molar-refractivity contribution in [2.24, 2.45) is 5.41 Å². The summed E-state index contributed by atoms with van der Waals surface area (Å²) in [5, 5.41) is 3.39. The van der Waals surface area contributed by atoms with Crippen LogP contribution >= 0.6 is 11.6 Å². The molecule has 0 unspecified atom stereocenters. The number of benzene rings is 1. The molecule has 1 N–H and O–H groups in total. The van der Waals surface area contributed by atoms with Crippen LogP contribution in [0.1, 0.15) is 24.8 Å². The number of hydrogen-bond acceptors (Lipinski definition) is 4. The van der Waals surface area contributed by atoms with Crippen molar-refractivity contribution in [3.63, 3.8) is 0 Å². The minimum atomic E-state index is -3.12. The monoisotopic (exact) mass is 408 g/mol. The first-order chi connectivity index (χ1) is 12.6. The van der Waals surface area contributed by atoms with E-state index in [1.807, 2.05) is 12.1 Å². The molecule has 1 aromatic heterocycles. The van der Waals surface area contributed by atoms with E-state index in [2.05, 4.69) is 5.32 Å². The number of amides is 1. The second-order valence-corrected chi connectivity index (χ2v) is 9.88. The van der Waals surface area contributed by atoms with Gasteiger partial charge in [0.15, 0.2) is 0 Å². The number of aromatic nitrogens is 1. The molecule has 0 bridgehead atoms. The van der Waals surface area contributed by atoms with Crippen LogP contribution in [0.5, 0.6) is 0 Å². The number of nitrogens with zero attached hydrogens (tertiary/aromatic N) is 1. The van der Waals surface area contributed by atoms with Gasteiger partial charge in [0.1, 0.15) is 9.84 Å². The van der Waals surface area contributed by atoms with Gasteiger partial charge in [-0.15, -0.1) is 0 Å². The van der Waals surface area contributed by atoms with E-state index in [-0.39, 0.29) is 23.6 Å². The van der Waals surface area contributed by atoms with E-state index in [4.69, 9.17) is 11.6 Å². The zero-order valence-corrected chi connectivity index (χ0v) is 16.5. The van der Waals surface area contributed by atoms with Crippen molar-refractivity contribution in [3.05, 3.63) is 63.5 Å². The number of rotatable bonds is 7. The van der Waals surface area contributed by atoms with Crippen LogP contribution in [0.2, 0.25) is 5.02 Å². The normalized spacial score (nSPS) is 15.3. The minimum Gasteiger partial charge on any atom is -0.325 e. The van der Waals surface area contributed by atoms with E-state index in [1.54, 1.807) is 24.4 Å². The van der Waals surface area contributed by atoms with Gasteiger partial charge < -0.3 is 9.88 Å². The molecule has 0 saturated heterocycles. The number of nitrogens with one attached hydrogen (secondary N) is 1. The highest BCUT2D eigenvalue weighted by Crippen LogP contribution is 2.49. The first kappa shape index (κ1) is 19.6. The standard InChI is InChI=1S/C19H21ClN2O4S/c1-27(25,26)13-19(8-9-19)10-17(23)21-16-6-7-18(24)22(12-16)11-14-2-4-15(20)5-3-14/h2-7,12H,8-11,13H2,1H3,(H,21,23). The quantitative estimate of drug-likeness (QED) is 0.763. The number of sulfone groups is 1. The molecule has 1 aromatic carbocycles. The van der Waals surface area contributed by atoms with Crippen molar-refractivity contribution in [3.8, 4) is 0 Å². The average Bonchev–Trinajstić information content (AvgIpc) is 3.29. The Kier molecular flexibility index (Phi) is 5.44. The van der Waals surface area contributed by atoms with Gasteiger partial charge in [-0.3, -0.25) is 9.59 Å². The highest BCUT2D eigenvalue weighted by molar-refractivity contribution is 7.90. The lowest BCUT2D eigenvalue weighted by Crippen LogP contribution is -2.24. The lowest BCUT2D eigenvalue weighted by Gasteiger charge is -2.14. The predicted octanol–water partition coefficient (Wildman–Crippen LogP) is 2.70. The molecule has 1 heterocycles. The van der Waals surface area contributed by atoms with Gasteiger partial charge in [0.25, 0.3) is 5.56 Å². The number of carbonyl (C=O) groups excluding carboxylic acids is 1. The molecule has 144 valence electrons. The number of halogens is 1. The summed E-state index contributed by atoms with van der Waals surface area (Å²) in [7, 11) is -3.12. The van der Waals surface area contributed by atoms with Gasteiger partial charge in [0.2, 0.25) is 5.91 Å². The van der Waals surface area contributed by atoms with Crippen molar-refractivity contribution in [2.75, 3.05) is 17.3 Å². The maximum absolute atomic E-state index is 12.3. The van der Waals surface area contributed by atoms with Gasteiger partial charge in [-0.05, 0) is 42.0 Å². The summed E-state index contributed by atoms with van der Waals surface area (Å²) < 4.78 is 24.6. The fourth-order valence-electron chi connectivity index (χ4n) is 3.17. The molecule has 1 saturated carbocycles. The van der Waals surface area contributed by atoms with Gasteiger partial charge in [0, 0.05) is 30.0 Å². The predicted molar refractivity (Wildman–Crippen MR) is 106 cm³/mol. The van der Waals surface area contributed by atoms with Crippen molar-refractivity contribution < 1.29 is 13.2 Å². The van der Waals surface area contributed by atoms with Gasteiger partial charge in [-0.25, -0.2) is 8.42 Å². The van der Waals surface area contributed by atoms with Crippen molar-refractivity contribution >= 4 is 33.0 Å². The molecule has 1 aliphatic rings. The molecule has 27 heavy (non-hydrogen) atoms. The van der Waals surface area contributed by atoms with E-state index in [9.17, 15) is 18.0 Å². The number of hydrogen-bond donors (Lipinski definition) is 1. The summed E-state index contributed by atoms with van der Waals surface area (Å²) in [6.07, 6.45) is 4.42. The van der Waals surface area contributed by atoms with Gasteiger partial charge in [-0.1, -0.05) is 23.7 Å². The molecule has 1 fully saturated rings. The summed E-state index contributed by atoms with van der Waals surface area (Å²) in [5.74, 6) is -0.212. The maximum atomic E-state index is 12.3. The molecule has 1 amide bonds. The number of pyridine rings is 1. The third kappa shape index (κ3) is 5.68. The first-order valence-corrected chi connectivity index (χ1v) is 11.0. The van der Waals surface area contributed by atoms with E-state index in [1.165, 1.54) is 16.9 Å². The molecule has 0 atom stereocenters. The highest BCUT2D eigenvalue weighted by atomic mass is 35.5. The molecule has 0 spiro atoms. The van der Waals surface area contributed by atoms with Crippen LogP contribution in [0, 0.1) is 5.41 Å². The molecular formula is C19H21ClN2O4S. The average molecular weight is 409 g/mol. The van der Waals surface area contributed by atoms with Crippen LogP contribution in [0.3, 0.4) is 0 Å². The SMILES string of the molecule is CS(=O)(=O)CC1(CC(=O)Nc2ccc(=O)n(Cc3ccc(Cl)cc3)c2)CC1. The molecule has 2 aromatic rings. The number of anilines is 1. The molecule has 1 aliphatic carbocycles. The Morgan fingerprint density at radius 1 is 1.19 bits per heavy atom. The second kappa shape index (κ2) is 7.48. The van der Waals surface area contributed by atoms with Crippen molar-refractivity contribution in [2.45, 2.75) is 25.8 Å². The Labute approximate surface area is 163 Å². The summed E-state index contributed by atoms with van der Waals surface area (Å²) in [6.45, 7) is 0.359. The lowest BCUT2D eigenvalue weighted by atomic mass is 10.1. The van der Waals surface area contributed by atoms with E-state index < -0.39 is 15.3 Å². The van der Waals surface area contributed by atoms with Crippen molar-refractivity contribution in [1.29, 1.82) is 0 Å². The van der Waals surface area contributed by atoms with Crippen LogP contribution in [-0.4, -0.2) is 30.9 Å². The van der Waals surface area contributed by atoms with Crippen LogP contribution in [0.4, 0.5) is 5.69 Å². The molecule has 0 radical (unpaired) electrons.